The quantitative estimate of drug-likeness (QED) is 0.418. The van der Waals surface area contributed by atoms with Crippen LogP contribution in [0.2, 0.25) is 0 Å². The summed E-state index contributed by atoms with van der Waals surface area (Å²) in [6, 6.07) is 18.1. The first-order valence-electron chi connectivity index (χ1n) is 11.2. The second kappa shape index (κ2) is 11.4. The monoisotopic (exact) mass is 449 g/mol. The number of benzene rings is 2. The minimum absolute atomic E-state index is 0.504. The maximum Gasteiger partial charge on any atom is 0.194 e. The number of ether oxygens (including phenoxy) is 2. The van der Waals surface area contributed by atoms with Crippen molar-refractivity contribution in [3.05, 3.63) is 77.7 Å². The summed E-state index contributed by atoms with van der Waals surface area (Å²) >= 11 is 0. The third-order valence-corrected chi connectivity index (χ3v) is 5.68. The number of aromatic nitrogens is 1. The lowest BCUT2D eigenvalue weighted by molar-refractivity contribution is 0.169. The van der Waals surface area contributed by atoms with Gasteiger partial charge in [0.1, 0.15) is 12.9 Å². The van der Waals surface area contributed by atoms with Crippen LogP contribution in [0.3, 0.4) is 0 Å². The van der Waals surface area contributed by atoms with Gasteiger partial charge in [0.2, 0.25) is 0 Å². The molecule has 2 aromatic carbocycles. The van der Waals surface area contributed by atoms with Crippen LogP contribution in [-0.4, -0.2) is 61.3 Å². The topological polar surface area (TPSA) is 75.4 Å². The number of hydrogen-bond donors (Lipinski definition) is 1. The Kier molecular flexibility index (Phi) is 7.81. The number of aliphatic imine (C=N–C) groups is 1. The first-order valence-corrected chi connectivity index (χ1v) is 11.2. The van der Waals surface area contributed by atoms with E-state index < -0.39 is 0 Å². The fraction of sp³-hybridized carbons (Fsp3) is 0.360. The van der Waals surface area contributed by atoms with Crippen molar-refractivity contribution in [1.82, 2.24) is 20.3 Å². The number of piperazine rings is 1. The Morgan fingerprint density at radius 3 is 2.55 bits per heavy atom. The fourth-order valence-corrected chi connectivity index (χ4v) is 3.86. The highest BCUT2D eigenvalue weighted by Crippen LogP contribution is 2.29. The number of nitrogens with one attached hydrogen (secondary N) is 1. The fourth-order valence-electron chi connectivity index (χ4n) is 3.86. The van der Waals surface area contributed by atoms with Crippen LogP contribution >= 0.6 is 0 Å². The molecule has 0 atom stereocenters. The smallest absolute Gasteiger partial charge is 0.194 e. The molecule has 0 radical (unpaired) electrons. The summed E-state index contributed by atoms with van der Waals surface area (Å²) in [5.41, 5.74) is 3.19. The van der Waals surface area contributed by atoms with E-state index >= 15 is 0 Å². The average molecular weight is 450 g/mol. The lowest BCUT2D eigenvalue weighted by atomic mass is 10.2. The van der Waals surface area contributed by atoms with Gasteiger partial charge in [0, 0.05) is 52.4 Å². The molecular weight excluding hydrogens is 418 g/mol. The van der Waals surface area contributed by atoms with Gasteiger partial charge in [-0.15, -0.1) is 0 Å². The van der Waals surface area contributed by atoms with Crippen LogP contribution in [0.25, 0.3) is 0 Å². The zero-order valence-electron chi connectivity index (χ0n) is 19.2. The van der Waals surface area contributed by atoms with Crippen LogP contribution in [0, 0.1) is 0 Å². The molecule has 1 aromatic heterocycles. The van der Waals surface area contributed by atoms with E-state index in [0.717, 1.165) is 67.0 Å². The van der Waals surface area contributed by atoms with Crippen molar-refractivity contribution in [1.29, 1.82) is 0 Å². The van der Waals surface area contributed by atoms with E-state index in [9.17, 15) is 0 Å². The molecular formula is C25H31N5O3. The third-order valence-electron chi connectivity index (χ3n) is 5.68. The molecule has 174 valence electrons. The summed E-state index contributed by atoms with van der Waals surface area (Å²) in [7, 11) is 3.49. The Bertz CT molecular complexity index is 1020. The van der Waals surface area contributed by atoms with Crippen LogP contribution in [-0.2, 0) is 19.7 Å². The molecule has 1 aliphatic rings. The Morgan fingerprint density at radius 2 is 1.85 bits per heavy atom. The molecule has 0 bridgehead atoms. The molecule has 8 heteroatoms. The van der Waals surface area contributed by atoms with Crippen LogP contribution in [0.5, 0.6) is 11.5 Å². The third kappa shape index (κ3) is 6.26. The van der Waals surface area contributed by atoms with Crippen molar-refractivity contribution in [2.45, 2.75) is 19.7 Å². The number of nitrogens with zero attached hydrogens (tertiary/aromatic N) is 4. The van der Waals surface area contributed by atoms with Gasteiger partial charge in [0.25, 0.3) is 0 Å². The molecule has 1 saturated heterocycles. The number of methoxy groups -OCH3 is 1. The molecule has 33 heavy (non-hydrogen) atoms. The summed E-state index contributed by atoms with van der Waals surface area (Å²) < 4.78 is 16.5. The predicted molar refractivity (Wildman–Crippen MR) is 127 cm³/mol. The highest BCUT2D eigenvalue weighted by Gasteiger charge is 2.20. The van der Waals surface area contributed by atoms with E-state index in [0.29, 0.717) is 13.2 Å². The molecule has 0 saturated carbocycles. The summed E-state index contributed by atoms with van der Waals surface area (Å²) in [5.74, 6) is 2.36. The number of rotatable bonds is 8. The predicted octanol–water partition coefficient (Wildman–Crippen LogP) is 3.16. The molecule has 1 fully saturated rings. The van der Waals surface area contributed by atoms with Gasteiger partial charge in [0.05, 0.1) is 12.8 Å². The first kappa shape index (κ1) is 22.7. The molecule has 0 aliphatic carbocycles. The highest BCUT2D eigenvalue weighted by atomic mass is 16.5. The number of hydrogen-bond acceptors (Lipinski definition) is 6. The van der Waals surface area contributed by atoms with E-state index in [1.54, 1.807) is 13.4 Å². The normalized spacial score (nSPS) is 14.8. The Balaban J connectivity index is 1.28. The second-order valence-corrected chi connectivity index (χ2v) is 7.91. The lowest BCUT2D eigenvalue weighted by Crippen LogP contribution is -2.52. The van der Waals surface area contributed by atoms with Gasteiger partial charge in [-0.1, -0.05) is 41.6 Å². The standard InChI is InChI=1S/C25H31N5O3/c1-26-25(30-13-11-29(12-14-30)18-22-10-15-33-28-22)27-17-21-8-9-23(24(16-21)31-2)32-19-20-6-4-3-5-7-20/h3-10,15-16H,11-14,17-19H2,1-2H3,(H,26,27). The minimum atomic E-state index is 0.504. The zero-order chi connectivity index (χ0) is 22.9. The second-order valence-electron chi connectivity index (χ2n) is 7.91. The van der Waals surface area contributed by atoms with Crippen LogP contribution in [0.1, 0.15) is 16.8 Å². The zero-order valence-corrected chi connectivity index (χ0v) is 19.2. The summed E-state index contributed by atoms with van der Waals surface area (Å²) in [5, 5.41) is 7.48. The van der Waals surface area contributed by atoms with Crippen LogP contribution in [0.15, 0.2) is 70.4 Å². The molecule has 0 unspecified atom stereocenters. The SMILES string of the molecule is CN=C(NCc1ccc(OCc2ccccc2)c(OC)c1)N1CCN(Cc2ccon2)CC1. The van der Waals surface area contributed by atoms with Crippen molar-refractivity contribution in [2.24, 2.45) is 4.99 Å². The summed E-state index contributed by atoms with van der Waals surface area (Å²) in [6.07, 6.45) is 1.62. The highest BCUT2D eigenvalue weighted by molar-refractivity contribution is 5.80. The number of guanidine groups is 1. The van der Waals surface area contributed by atoms with Crippen molar-refractivity contribution < 1.29 is 14.0 Å². The Labute approximate surface area is 194 Å². The Hall–Kier alpha value is -3.52. The van der Waals surface area contributed by atoms with Crippen LogP contribution in [0.4, 0.5) is 0 Å². The minimum Gasteiger partial charge on any atom is -0.493 e. The summed E-state index contributed by atoms with van der Waals surface area (Å²) in [4.78, 5) is 9.14. The molecule has 3 aromatic rings. The van der Waals surface area contributed by atoms with Crippen LogP contribution < -0.4 is 14.8 Å². The van der Waals surface area contributed by atoms with E-state index in [-0.39, 0.29) is 0 Å². The summed E-state index contributed by atoms with van der Waals surface area (Å²) in [6.45, 7) is 5.70. The average Bonchev–Trinajstić information content (AvgIpc) is 3.38. The van der Waals surface area contributed by atoms with E-state index in [1.807, 2.05) is 55.6 Å². The van der Waals surface area contributed by atoms with Gasteiger partial charge in [-0.2, -0.15) is 0 Å². The molecule has 0 amide bonds. The molecule has 1 aliphatic heterocycles. The molecule has 8 nitrogen and oxygen atoms in total. The maximum atomic E-state index is 5.97. The van der Waals surface area contributed by atoms with Crippen molar-refractivity contribution in [3.63, 3.8) is 0 Å². The lowest BCUT2D eigenvalue weighted by Gasteiger charge is -2.36. The molecule has 0 spiro atoms. The van der Waals surface area contributed by atoms with Gasteiger partial charge in [-0.3, -0.25) is 9.89 Å². The molecule has 1 N–H and O–H groups in total. The van der Waals surface area contributed by atoms with E-state index in [4.69, 9.17) is 14.0 Å². The van der Waals surface area contributed by atoms with Gasteiger partial charge < -0.3 is 24.2 Å². The van der Waals surface area contributed by atoms with Crippen molar-refractivity contribution in [2.75, 3.05) is 40.3 Å². The van der Waals surface area contributed by atoms with Gasteiger partial charge in [0.15, 0.2) is 17.5 Å². The largest absolute Gasteiger partial charge is 0.493 e. The van der Waals surface area contributed by atoms with Gasteiger partial charge >= 0.3 is 0 Å². The van der Waals surface area contributed by atoms with E-state index in [1.165, 1.54) is 0 Å². The first-order chi connectivity index (χ1) is 16.2. The van der Waals surface area contributed by atoms with E-state index in [2.05, 4.69) is 31.3 Å². The van der Waals surface area contributed by atoms with Gasteiger partial charge in [-0.05, 0) is 23.3 Å². The molecule has 2 heterocycles. The van der Waals surface area contributed by atoms with Crippen molar-refractivity contribution >= 4 is 5.96 Å². The maximum absolute atomic E-state index is 5.97. The van der Waals surface area contributed by atoms with Gasteiger partial charge in [-0.25, -0.2) is 0 Å². The van der Waals surface area contributed by atoms with Crippen molar-refractivity contribution in [3.8, 4) is 11.5 Å². The Morgan fingerprint density at radius 1 is 1.03 bits per heavy atom. The molecule has 4 rings (SSSR count).